The SMILES string of the molecule is C=C(C)C(=O)OCc1cc(I)c(OC(=O)C(=C)C)c(I)c1. The molecule has 0 saturated carbocycles. The molecule has 21 heavy (non-hydrogen) atoms. The molecule has 0 bridgehead atoms. The second kappa shape index (κ2) is 7.92. The quantitative estimate of drug-likeness (QED) is 0.259. The van der Waals surface area contributed by atoms with Gasteiger partial charge in [-0.05, 0) is 76.7 Å². The highest BCUT2D eigenvalue weighted by atomic mass is 127. The molecule has 0 aromatic heterocycles. The summed E-state index contributed by atoms with van der Waals surface area (Å²) in [5, 5.41) is 0. The zero-order valence-corrected chi connectivity index (χ0v) is 16.0. The van der Waals surface area contributed by atoms with Gasteiger partial charge in [-0.3, -0.25) is 0 Å². The van der Waals surface area contributed by atoms with Crippen LogP contribution in [0.15, 0.2) is 36.4 Å². The Labute approximate surface area is 150 Å². The fraction of sp³-hybridized carbons (Fsp3) is 0.200. The maximum atomic E-state index is 11.6. The number of hydrogen-bond donors (Lipinski definition) is 0. The van der Waals surface area contributed by atoms with Gasteiger partial charge in [-0.2, -0.15) is 0 Å². The second-order valence-electron chi connectivity index (χ2n) is 4.41. The van der Waals surface area contributed by atoms with E-state index in [1.807, 2.05) is 0 Å². The third kappa shape index (κ3) is 5.42. The van der Waals surface area contributed by atoms with Crippen LogP contribution in [0.4, 0.5) is 0 Å². The summed E-state index contributed by atoms with van der Waals surface area (Å²) in [5.74, 6) is -0.413. The molecule has 0 aliphatic rings. The van der Waals surface area contributed by atoms with Crippen molar-refractivity contribution in [3.8, 4) is 5.75 Å². The molecule has 4 nitrogen and oxygen atoms in total. The van der Waals surface area contributed by atoms with Crippen molar-refractivity contribution in [1.82, 2.24) is 0 Å². The van der Waals surface area contributed by atoms with Crippen LogP contribution < -0.4 is 4.74 Å². The second-order valence-corrected chi connectivity index (χ2v) is 6.74. The maximum absolute atomic E-state index is 11.6. The molecule has 112 valence electrons. The van der Waals surface area contributed by atoms with Crippen molar-refractivity contribution in [3.63, 3.8) is 0 Å². The predicted octanol–water partition coefficient (Wildman–Crippen LogP) is 4.00. The van der Waals surface area contributed by atoms with Crippen molar-refractivity contribution >= 4 is 57.1 Å². The van der Waals surface area contributed by atoms with Crippen LogP contribution in [0.2, 0.25) is 0 Å². The maximum Gasteiger partial charge on any atom is 0.338 e. The van der Waals surface area contributed by atoms with Gasteiger partial charge in [-0.1, -0.05) is 13.2 Å². The summed E-state index contributed by atoms with van der Waals surface area (Å²) in [6.07, 6.45) is 0. The molecular weight excluding hydrogens is 498 g/mol. The summed E-state index contributed by atoms with van der Waals surface area (Å²) in [6.45, 7) is 10.4. The number of carbonyl (C=O) groups excluding carboxylic acids is 2. The van der Waals surface area contributed by atoms with Gasteiger partial charge in [0.25, 0.3) is 0 Å². The van der Waals surface area contributed by atoms with Crippen molar-refractivity contribution in [3.05, 3.63) is 49.1 Å². The monoisotopic (exact) mass is 512 g/mol. The van der Waals surface area contributed by atoms with Crippen LogP contribution in [0, 0.1) is 7.14 Å². The third-order valence-corrected chi connectivity index (χ3v) is 3.92. The highest BCUT2D eigenvalue weighted by molar-refractivity contribution is 14.1. The molecule has 1 aromatic carbocycles. The fourth-order valence-electron chi connectivity index (χ4n) is 1.25. The molecule has 0 radical (unpaired) electrons. The predicted molar refractivity (Wildman–Crippen MR) is 96.9 cm³/mol. The number of halogens is 2. The van der Waals surface area contributed by atoms with Crippen molar-refractivity contribution in [2.45, 2.75) is 20.5 Å². The summed E-state index contributed by atoms with van der Waals surface area (Å²) in [7, 11) is 0. The van der Waals surface area contributed by atoms with E-state index in [-0.39, 0.29) is 6.61 Å². The first kappa shape index (κ1) is 18.1. The van der Waals surface area contributed by atoms with Crippen molar-refractivity contribution < 1.29 is 19.1 Å². The van der Waals surface area contributed by atoms with E-state index in [1.54, 1.807) is 26.0 Å². The number of carbonyl (C=O) groups is 2. The fourth-order valence-corrected chi connectivity index (χ4v) is 3.36. The highest BCUT2D eigenvalue weighted by Crippen LogP contribution is 2.29. The summed E-state index contributed by atoms with van der Waals surface area (Å²) < 4.78 is 11.9. The van der Waals surface area contributed by atoms with E-state index in [1.165, 1.54) is 0 Å². The largest absolute Gasteiger partial charge is 0.457 e. The molecule has 0 heterocycles. The molecule has 0 aliphatic heterocycles. The normalized spacial score (nSPS) is 9.90. The summed E-state index contributed by atoms with van der Waals surface area (Å²) in [5.41, 5.74) is 1.50. The summed E-state index contributed by atoms with van der Waals surface area (Å²) in [4.78, 5) is 23.0. The van der Waals surface area contributed by atoms with E-state index in [2.05, 4.69) is 58.3 Å². The van der Waals surface area contributed by atoms with E-state index in [4.69, 9.17) is 9.47 Å². The van der Waals surface area contributed by atoms with E-state index in [9.17, 15) is 9.59 Å². The minimum atomic E-state index is -0.465. The first-order chi connectivity index (χ1) is 9.72. The van der Waals surface area contributed by atoms with Crippen LogP contribution in [-0.4, -0.2) is 11.9 Å². The lowest BCUT2D eigenvalue weighted by Crippen LogP contribution is -2.11. The highest BCUT2D eigenvalue weighted by Gasteiger charge is 2.14. The van der Waals surface area contributed by atoms with Gasteiger partial charge in [-0.25, -0.2) is 9.59 Å². The molecular formula is C15H14I2O4. The van der Waals surface area contributed by atoms with Crippen molar-refractivity contribution in [1.29, 1.82) is 0 Å². The Kier molecular flexibility index (Phi) is 6.85. The zero-order chi connectivity index (χ0) is 16.2. The van der Waals surface area contributed by atoms with Crippen LogP contribution in [0.5, 0.6) is 5.75 Å². The lowest BCUT2D eigenvalue weighted by Gasteiger charge is -2.11. The van der Waals surface area contributed by atoms with Crippen molar-refractivity contribution in [2.24, 2.45) is 0 Å². The van der Waals surface area contributed by atoms with E-state index < -0.39 is 11.9 Å². The zero-order valence-electron chi connectivity index (χ0n) is 11.7. The van der Waals surface area contributed by atoms with E-state index >= 15 is 0 Å². The molecule has 1 aromatic rings. The van der Waals surface area contributed by atoms with Crippen LogP contribution in [0.25, 0.3) is 0 Å². The minimum absolute atomic E-state index is 0.145. The number of rotatable bonds is 5. The average molecular weight is 512 g/mol. The molecule has 0 fully saturated rings. The van der Waals surface area contributed by atoms with Crippen molar-refractivity contribution in [2.75, 3.05) is 0 Å². The van der Waals surface area contributed by atoms with Gasteiger partial charge in [-0.15, -0.1) is 0 Å². The number of esters is 2. The van der Waals surface area contributed by atoms with Crippen LogP contribution in [-0.2, 0) is 20.9 Å². The first-order valence-electron chi connectivity index (χ1n) is 5.90. The molecule has 0 amide bonds. The third-order valence-electron chi connectivity index (χ3n) is 2.32. The Balaban J connectivity index is 2.89. The topological polar surface area (TPSA) is 52.6 Å². The minimum Gasteiger partial charge on any atom is -0.457 e. The average Bonchev–Trinajstić information content (AvgIpc) is 2.39. The lowest BCUT2D eigenvalue weighted by molar-refractivity contribution is -0.140. The Hall–Kier alpha value is -0.900. The first-order valence-corrected chi connectivity index (χ1v) is 8.06. The van der Waals surface area contributed by atoms with Gasteiger partial charge in [0.05, 0.1) is 7.14 Å². The summed E-state index contributed by atoms with van der Waals surface area (Å²) in [6, 6.07) is 3.60. The molecule has 0 aliphatic carbocycles. The Morgan fingerprint density at radius 1 is 1.05 bits per heavy atom. The number of hydrogen-bond acceptors (Lipinski definition) is 4. The number of ether oxygens (including phenoxy) is 2. The Morgan fingerprint density at radius 2 is 1.52 bits per heavy atom. The van der Waals surface area contributed by atoms with Gasteiger partial charge in [0.1, 0.15) is 6.61 Å². The van der Waals surface area contributed by atoms with Gasteiger partial charge < -0.3 is 9.47 Å². The molecule has 0 spiro atoms. The van der Waals surface area contributed by atoms with E-state index in [0.717, 1.165) is 12.7 Å². The molecule has 0 unspecified atom stereocenters. The van der Waals surface area contributed by atoms with Gasteiger partial charge >= 0.3 is 11.9 Å². The molecule has 0 N–H and O–H groups in total. The van der Waals surface area contributed by atoms with Crippen LogP contribution >= 0.6 is 45.2 Å². The Morgan fingerprint density at radius 3 is 1.95 bits per heavy atom. The number of benzene rings is 1. The molecule has 1 rings (SSSR count). The summed E-state index contributed by atoms with van der Waals surface area (Å²) >= 11 is 4.14. The van der Waals surface area contributed by atoms with Gasteiger partial charge in [0, 0.05) is 11.1 Å². The van der Waals surface area contributed by atoms with Crippen LogP contribution in [0.1, 0.15) is 19.4 Å². The Bertz CT molecular complexity index is 597. The smallest absolute Gasteiger partial charge is 0.338 e. The molecule has 6 heteroatoms. The molecule has 0 saturated heterocycles. The van der Waals surface area contributed by atoms with Crippen LogP contribution in [0.3, 0.4) is 0 Å². The van der Waals surface area contributed by atoms with E-state index in [0.29, 0.717) is 16.9 Å². The standard InChI is InChI=1S/C15H14I2O4/c1-8(2)14(18)20-7-10-5-11(16)13(12(17)6-10)21-15(19)9(3)4/h5-6H,1,3,7H2,2,4H3. The van der Waals surface area contributed by atoms with Gasteiger partial charge in [0.15, 0.2) is 5.75 Å². The molecule has 0 atom stereocenters. The lowest BCUT2D eigenvalue weighted by atomic mass is 10.2. The van der Waals surface area contributed by atoms with Gasteiger partial charge in [0.2, 0.25) is 0 Å².